The number of aromatic nitrogens is 2. The van der Waals surface area contributed by atoms with E-state index < -0.39 is 5.60 Å². The number of benzene rings is 2. The van der Waals surface area contributed by atoms with Crippen LogP contribution in [-0.2, 0) is 13.1 Å². The topological polar surface area (TPSA) is 93.6 Å². The average Bonchev–Trinajstić information content (AvgIpc) is 3.81. The predicted octanol–water partition coefficient (Wildman–Crippen LogP) is 4.61. The monoisotopic (exact) mass is 566 g/mol. The Bertz CT molecular complexity index is 1390. The number of piperidine rings is 1. The first kappa shape index (κ1) is 27.3. The van der Waals surface area contributed by atoms with Gasteiger partial charge in [-0.05, 0) is 73.1 Å². The van der Waals surface area contributed by atoms with E-state index in [4.69, 9.17) is 0 Å². The van der Waals surface area contributed by atoms with Crippen LogP contribution in [0.5, 0.6) is 0 Å². The highest BCUT2D eigenvalue weighted by molar-refractivity contribution is 5.94. The van der Waals surface area contributed by atoms with E-state index in [-0.39, 0.29) is 12.5 Å². The first-order valence-corrected chi connectivity index (χ1v) is 15.7. The average molecular weight is 567 g/mol. The van der Waals surface area contributed by atoms with Crippen molar-refractivity contribution in [3.63, 3.8) is 0 Å². The molecular weight excluding hydrogens is 524 g/mol. The van der Waals surface area contributed by atoms with Crippen LogP contribution in [0.15, 0.2) is 67.0 Å². The molecule has 3 N–H and O–H groups in total. The van der Waals surface area contributed by atoms with Crippen molar-refractivity contribution in [2.75, 3.05) is 36.4 Å². The van der Waals surface area contributed by atoms with Crippen LogP contribution in [0.1, 0.15) is 66.4 Å². The van der Waals surface area contributed by atoms with Gasteiger partial charge in [0.15, 0.2) is 0 Å². The maximum Gasteiger partial charge on any atom is 0.251 e. The fourth-order valence-corrected chi connectivity index (χ4v) is 7.52. The van der Waals surface area contributed by atoms with Gasteiger partial charge in [-0.2, -0.15) is 0 Å². The van der Waals surface area contributed by atoms with E-state index in [0.29, 0.717) is 30.5 Å². The summed E-state index contributed by atoms with van der Waals surface area (Å²) >= 11 is 0. The molecule has 7 rings (SSSR count). The quantitative estimate of drug-likeness (QED) is 0.330. The molecule has 3 heterocycles. The molecule has 2 aliphatic carbocycles. The third-order valence-electron chi connectivity index (χ3n) is 9.98. The minimum atomic E-state index is -1.02. The van der Waals surface area contributed by atoms with Crippen LogP contribution in [0.2, 0.25) is 0 Å². The molecule has 0 bridgehead atoms. The maximum absolute atomic E-state index is 13.0. The zero-order valence-corrected chi connectivity index (χ0v) is 24.3. The second kappa shape index (κ2) is 11.3. The number of hydrogen-bond acceptors (Lipinski definition) is 7. The number of β-amino-alcohol motifs (C(OH)–C–C–N with tert-alkyl or cyclic N) is 1. The lowest BCUT2D eigenvalue weighted by Crippen LogP contribution is -2.67. The van der Waals surface area contributed by atoms with Crippen LogP contribution in [0.25, 0.3) is 0 Å². The van der Waals surface area contributed by atoms with Gasteiger partial charge in [0, 0.05) is 56.9 Å². The smallest absolute Gasteiger partial charge is 0.251 e. The Balaban J connectivity index is 0.913. The largest absolute Gasteiger partial charge is 0.386 e. The molecule has 1 amide bonds. The van der Waals surface area contributed by atoms with Crippen LogP contribution in [0, 0.1) is 11.3 Å². The zero-order valence-electron chi connectivity index (χ0n) is 24.3. The maximum atomic E-state index is 13.0. The first-order chi connectivity index (χ1) is 20.5. The molecule has 4 aliphatic rings. The van der Waals surface area contributed by atoms with Crippen molar-refractivity contribution in [1.29, 1.82) is 0 Å². The number of aliphatic hydroxyl groups is 1. The van der Waals surface area contributed by atoms with Gasteiger partial charge in [-0.15, -0.1) is 0 Å². The summed E-state index contributed by atoms with van der Waals surface area (Å²) in [5.41, 5.74) is 2.69. The molecule has 42 heavy (non-hydrogen) atoms. The molecule has 2 atom stereocenters. The molecule has 4 fully saturated rings. The van der Waals surface area contributed by atoms with Crippen LogP contribution in [0.4, 0.5) is 11.6 Å². The van der Waals surface area contributed by atoms with Crippen molar-refractivity contribution in [2.45, 2.75) is 69.7 Å². The second-order valence-corrected chi connectivity index (χ2v) is 13.1. The van der Waals surface area contributed by atoms with E-state index in [2.05, 4.69) is 54.7 Å². The predicted molar refractivity (Wildman–Crippen MR) is 164 cm³/mol. The minimum absolute atomic E-state index is 0.144. The number of rotatable bonds is 10. The van der Waals surface area contributed by atoms with Gasteiger partial charge < -0.3 is 20.6 Å². The van der Waals surface area contributed by atoms with Gasteiger partial charge in [0.1, 0.15) is 18.0 Å². The van der Waals surface area contributed by atoms with E-state index in [1.807, 2.05) is 36.4 Å². The molecule has 2 aliphatic heterocycles. The van der Waals surface area contributed by atoms with E-state index in [0.717, 1.165) is 43.1 Å². The van der Waals surface area contributed by atoms with Crippen molar-refractivity contribution in [2.24, 2.45) is 11.3 Å². The Morgan fingerprint density at radius 2 is 1.76 bits per heavy atom. The van der Waals surface area contributed by atoms with Gasteiger partial charge in [-0.25, -0.2) is 9.97 Å². The minimum Gasteiger partial charge on any atom is -0.386 e. The van der Waals surface area contributed by atoms with Crippen LogP contribution < -0.4 is 15.5 Å². The van der Waals surface area contributed by atoms with Crippen LogP contribution >= 0.6 is 0 Å². The third kappa shape index (κ3) is 5.75. The first-order valence-electron chi connectivity index (χ1n) is 15.7. The second-order valence-electron chi connectivity index (χ2n) is 13.1. The van der Waals surface area contributed by atoms with Gasteiger partial charge in [0.25, 0.3) is 5.91 Å². The number of nitrogens with zero attached hydrogens (tertiary/aromatic N) is 4. The van der Waals surface area contributed by atoms with E-state index in [1.54, 1.807) is 6.33 Å². The van der Waals surface area contributed by atoms with Crippen molar-refractivity contribution in [3.8, 4) is 0 Å². The molecular formula is C34H42N6O2. The molecule has 1 spiro atoms. The van der Waals surface area contributed by atoms with Gasteiger partial charge in [-0.3, -0.25) is 9.69 Å². The summed E-state index contributed by atoms with van der Waals surface area (Å²) in [5, 5.41) is 17.8. The fourth-order valence-electron chi connectivity index (χ4n) is 7.52. The highest BCUT2D eigenvalue weighted by Gasteiger charge is 2.59. The lowest BCUT2D eigenvalue weighted by molar-refractivity contribution is -0.140. The Labute approximate surface area is 248 Å². The highest BCUT2D eigenvalue weighted by Crippen LogP contribution is 2.59. The van der Waals surface area contributed by atoms with Crippen molar-refractivity contribution in [3.05, 3.63) is 83.7 Å². The van der Waals surface area contributed by atoms with Gasteiger partial charge in [0.05, 0.1) is 5.60 Å². The molecule has 2 saturated heterocycles. The Morgan fingerprint density at radius 3 is 2.50 bits per heavy atom. The van der Waals surface area contributed by atoms with Crippen molar-refractivity contribution < 1.29 is 9.90 Å². The van der Waals surface area contributed by atoms with E-state index >= 15 is 0 Å². The molecule has 3 aromatic rings. The van der Waals surface area contributed by atoms with Crippen LogP contribution in [0.3, 0.4) is 0 Å². The number of amides is 1. The summed E-state index contributed by atoms with van der Waals surface area (Å²) in [6, 6.07) is 20.9. The summed E-state index contributed by atoms with van der Waals surface area (Å²) in [4.78, 5) is 26.6. The molecule has 220 valence electrons. The van der Waals surface area contributed by atoms with Crippen molar-refractivity contribution >= 4 is 17.5 Å². The zero-order chi connectivity index (χ0) is 28.6. The number of carbonyl (C=O) groups is 1. The number of hydrogen-bond donors (Lipinski definition) is 3. The van der Waals surface area contributed by atoms with Crippen molar-refractivity contribution in [1.82, 2.24) is 20.2 Å². The molecule has 1 aromatic heterocycles. The Morgan fingerprint density at radius 1 is 0.952 bits per heavy atom. The molecule has 8 heteroatoms. The summed E-state index contributed by atoms with van der Waals surface area (Å²) in [6.45, 7) is 4.30. The number of likely N-dealkylation sites (tertiary alicyclic amines) is 1. The summed E-state index contributed by atoms with van der Waals surface area (Å²) in [5.74, 6) is 2.29. The Kier molecular flexibility index (Phi) is 7.36. The van der Waals surface area contributed by atoms with Gasteiger partial charge >= 0.3 is 0 Å². The van der Waals surface area contributed by atoms with E-state index in [1.165, 1.54) is 49.8 Å². The fraction of sp³-hybridized carbons (Fsp3) is 0.500. The molecule has 2 saturated carbocycles. The van der Waals surface area contributed by atoms with E-state index in [9.17, 15) is 9.90 Å². The van der Waals surface area contributed by atoms with Gasteiger partial charge in [0.2, 0.25) is 0 Å². The van der Waals surface area contributed by atoms with Gasteiger partial charge in [-0.1, -0.05) is 48.9 Å². The third-order valence-corrected chi connectivity index (χ3v) is 9.98. The molecule has 0 unspecified atom stereocenters. The molecule has 0 radical (unpaired) electrons. The Hall–Kier alpha value is -3.49. The summed E-state index contributed by atoms with van der Waals surface area (Å²) in [7, 11) is 0. The van der Waals surface area contributed by atoms with Crippen LogP contribution in [-0.4, -0.2) is 63.7 Å². The standard InChI is InChI=1S/C34H42N6O2/c41-32(28-10-8-26(9-11-28)20-40-22-33(14-4-15-33)31(40)27-12-13-27)36-21-34(42)16-5-17-39(23-34)30-18-29(37-24-38-30)35-19-25-6-2-1-3-7-25/h1-3,6-11,18,24,27,31,42H,4-5,12-17,19-23H2,(H,36,41)(H,35,37,38)/t31-,34-/m1/s1. The molecule has 2 aromatic carbocycles. The highest BCUT2D eigenvalue weighted by atomic mass is 16.3. The molecule has 8 nitrogen and oxygen atoms in total. The lowest BCUT2D eigenvalue weighted by atomic mass is 9.56. The summed E-state index contributed by atoms with van der Waals surface area (Å²) in [6.07, 6.45) is 10.0. The number of carbonyl (C=O) groups excluding carboxylic acids is 1. The lowest BCUT2D eigenvalue weighted by Gasteiger charge is -2.63. The SMILES string of the molecule is O=C(NC[C@]1(O)CCCN(c2cc(NCc3ccccc3)ncn2)C1)c1ccc(CN2CC3(CCC3)[C@H]2C2CC2)cc1. The number of nitrogens with one attached hydrogen (secondary N) is 2. The normalized spacial score (nSPS) is 25.0. The summed E-state index contributed by atoms with van der Waals surface area (Å²) < 4.78 is 0. The number of anilines is 2.